The number of hydrogen-bond acceptors (Lipinski definition) is 3. The highest BCUT2D eigenvalue weighted by Gasteiger charge is 2.22. The quantitative estimate of drug-likeness (QED) is 0.805. The molecule has 2 rings (SSSR count). The molecule has 0 fully saturated rings. The van der Waals surface area contributed by atoms with Crippen LogP contribution in [0.5, 0.6) is 0 Å². The molecule has 0 saturated heterocycles. The number of nitrogens with one attached hydrogen (secondary N) is 1. The first-order valence-corrected chi connectivity index (χ1v) is 8.17. The molecule has 6 heteroatoms. The largest absolute Gasteiger partial charge is 0.467 e. The topological polar surface area (TPSA) is 55.4 Å². The highest BCUT2D eigenvalue weighted by molar-refractivity contribution is 5.85. The molecule has 1 N–H and O–H groups in total. The first kappa shape index (κ1) is 19.6. The number of amides is 1. The number of carbonyl (C=O) groups is 2. The fourth-order valence-corrected chi connectivity index (χ4v) is 2.58. The van der Waals surface area contributed by atoms with Gasteiger partial charge in [-0.15, -0.1) is 0 Å². The van der Waals surface area contributed by atoms with Crippen molar-refractivity contribution in [2.45, 2.75) is 32.7 Å². The van der Waals surface area contributed by atoms with Crippen LogP contribution in [-0.2, 0) is 27.2 Å². The van der Waals surface area contributed by atoms with Crippen molar-refractivity contribution in [3.8, 4) is 0 Å². The lowest BCUT2D eigenvalue weighted by Crippen LogP contribution is -2.43. The average molecular weight is 361 g/mol. The summed E-state index contributed by atoms with van der Waals surface area (Å²) in [7, 11) is 1.25. The van der Waals surface area contributed by atoms with Gasteiger partial charge in [0.2, 0.25) is 5.91 Å². The molecule has 2 aromatic rings. The molecule has 0 heterocycles. The molecule has 0 aliphatic carbocycles. The van der Waals surface area contributed by atoms with E-state index in [0.717, 1.165) is 28.8 Å². The number of halogens is 2. The lowest BCUT2D eigenvalue weighted by Gasteiger charge is -2.17. The molecule has 0 aliphatic heterocycles. The Morgan fingerprint density at radius 2 is 1.69 bits per heavy atom. The Kier molecular flexibility index (Phi) is 6.44. The predicted octanol–water partition coefficient (Wildman–Crippen LogP) is 3.02. The third-order valence-corrected chi connectivity index (χ3v) is 4.18. The molecule has 0 aliphatic rings. The first-order valence-electron chi connectivity index (χ1n) is 8.17. The Balaban J connectivity index is 2.08. The minimum atomic E-state index is -1.02. The maximum Gasteiger partial charge on any atom is 0.328 e. The molecular weight excluding hydrogens is 340 g/mol. The molecule has 4 nitrogen and oxygen atoms in total. The van der Waals surface area contributed by atoms with Gasteiger partial charge in [-0.05, 0) is 48.2 Å². The van der Waals surface area contributed by atoms with Crippen molar-refractivity contribution in [2.24, 2.45) is 0 Å². The van der Waals surface area contributed by atoms with Crippen molar-refractivity contribution < 1.29 is 23.1 Å². The number of aryl methyl sites for hydroxylation is 2. The summed E-state index contributed by atoms with van der Waals surface area (Å²) in [5.41, 5.74) is 3.41. The van der Waals surface area contributed by atoms with Gasteiger partial charge in [0.25, 0.3) is 0 Å². The fourth-order valence-electron chi connectivity index (χ4n) is 2.58. The Hall–Kier alpha value is -2.76. The van der Waals surface area contributed by atoms with Gasteiger partial charge in [0.05, 0.1) is 13.5 Å². The average Bonchev–Trinajstić information content (AvgIpc) is 2.60. The third-order valence-electron chi connectivity index (χ3n) is 4.18. The number of benzene rings is 2. The van der Waals surface area contributed by atoms with Crippen molar-refractivity contribution in [1.29, 1.82) is 0 Å². The highest BCUT2D eigenvalue weighted by atomic mass is 19.2. The van der Waals surface area contributed by atoms with Crippen LogP contribution in [0.2, 0.25) is 0 Å². The van der Waals surface area contributed by atoms with Crippen molar-refractivity contribution in [2.75, 3.05) is 7.11 Å². The Morgan fingerprint density at radius 1 is 1.00 bits per heavy atom. The SMILES string of the molecule is COC(=O)[C@H](Cc1ccc(C)c(C)c1)NC(=O)Cc1ccc(F)c(F)c1. The Labute approximate surface area is 151 Å². The van der Waals surface area contributed by atoms with Crippen LogP contribution in [0, 0.1) is 25.5 Å². The summed E-state index contributed by atoms with van der Waals surface area (Å²) in [6.45, 7) is 3.95. The van der Waals surface area contributed by atoms with Crippen LogP contribution in [0.3, 0.4) is 0 Å². The van der Waals surface area contributed by atoms with E-state index >= 15 is 0 Å². The standard InChI is InChI=1S/C20H21F2NO3/c1-12-4-5-14(8-13(12)2)10-18(20(25)26-3)23-19(24)11-15-6-7-16(21)17(22)9-15/h4-9,18H,10-11H2,1-3H3,(H,23,24)/t18-/m0/s1. The Morgan fingerprint density at radius 3 is 2.31 bits per heavy atom. The summed E-state index contributed by atoms with van der Waals surface area (Å²) in [5, 5.41) is 2.60. The highest BCUT2D eigenvalue weighted by Crippen LogP contribution is 2.13. The lowest BCUT2D eigenvalue weighted by atomic mass is 10.0. The summed E-state index contributed by atoms with van der Waals surface area (Å²) in [4.78, 5) is 24.2. The van der Waals surface area contributed by atoms with Gasteiger partial charge < -0.3 is 10.1 Å². The normalized spacial score (nSPS) is 11.7. The number of carbonyl (C=O) groups excluding carboxylic acids is 2. The van der Waals surface area contributed by atoms with Crippen LogP contribution in [-0.4, -0.2) is 25.0 Å². The number of rotatable bonds is 6. The molecule has 1 amide bonds. The molecule has 2 aromatic carbocycles. The zero-order valence-electron chi connectivity index (χ0n) is 14.9. The summed E-state index contributed by atoms with van der Waals surface area (Å²) in [6, 6.07) is 8.18. The zero-order valence-corrected chi connectivity index (χ0v) is 14.9. The molecule has 0 unspecified atom stereocenters. The third kappa shape index (κ3) is 5.12. The maximum atomic E-state index is 13.3. The van der Waals surface area contributed by atoms with Gasteiger partial charge in [0.15, 0.2) is 11.6 Å². The predicted molar refractivity (Wildman–Crippen MR) is 93.6 cm³/mol. The van der Waals surface area contributed by atoms with Crippen LogP contribution < -0.4 is 5.32 Å². The first-order chi connectivity index (χ1) is 12.3. The molecule has 1 atom stereocenters. The molecule has 0 spiro atoms. The van der Waals surface area contributed by atoms with Gasteiger partial charge in [-0.2, -0.15) is 0 Å². The molecule has 0 saturated carbocycles. The van der Waals surface area contributed by atoms with Crippen LogP contribution in [0.1, 0.15) is 22.3 Å². The van der Waals surface area contributed by atoms with Crippen molar-refractivity contribution in [1.82, 2.24) is 5.32 Å². The van der Waals surface area contributed by atoms with Crippen molar-refractivity contribution >= 4 is 11.9 Å². The second-order valence-corrected chi connectivity index (χ2v) is 6.19. The van der Waals surface area contributed by atoms with E-state index in [-0.39, 0.29) is 12.8 Å². The minimum absolute atomic E-state index is 0.169. The summed E-state index contributed by atoms with van der Waals surface area (Å²) in [5.74, 6) is -3.04. The fraction of sp³-hybridized carbons (Fsp3) is 0.300. The molecule has 0 radical (unpaired) electrons. The smallest absolute Gasteiger partial charge is 0.328 e. The molecule has 0 aromatic heterocycles. The molecule has 138 valence electrons. The van der Waals surface area contributed by atoms with Gasteiger partial charge in [0.1, 0.15) is 6.04 Å². The number of methoxy groups -OCH3 is 1. The van der Waals surface area contributed by atoms with E-state index in [1.165, 1.54) is 13.2 Å². The van der Waals surface area contributed by atoms with E-state index in [9.17, 15) is 18.4 Å². The van der Waals surface area contributed by atoms with Gasteiger partial charge in [-0.25, -0.2) is 13.6 Å². The second kappa shape index (κ2) is 8.56. The van der Waals surface area contributed by atoms with Crippen LogP contribution >= 0.6 is 0 Å². The van der Waals surface area contributed by atoms with Gasteiger partial charge in [-0.3, -0.25) is 4.79 Å². The van der Waals surface area contributed by atoms with Crippen LogP contribution in [0.15, 0.2) is 36.4 Å². The van der Waals surface area contributed by atoms with Crippen LogP contribution in [0.25, 0.3) is 0 Å². The van der Waals surface area contributed by atoms with Gasteiger partial charge >= 0.3 is 5.97 Å². The molecule has 26 heavy (non-hydrogen) atoms. The van der Waals surface area contributed by atoms with Gasteiger partial charge in [0, 0.05) is 6.42 Å². The van der Waals surface area contributed by atoms with Crippen LogP contribution in [0.4, 0.5) is 8.78 Å². The van der Waals surface area contributed by atoms with E-state index in [0.29, 0.717) is 5.56 Å². The van der Waals surface area contributed by atoms with Crippen molar-refractivity contribution in [3.05, 3.63) is 70.3 Å². The lowest BCUT2D eigenvalue weighted by molar-refractivity contribution is -0.145. The summed E-state index contributed by atoms with van der Waals surface area (Å²) < 4.78 is 31.0. The molecular formula is C20H21F2NO3. The van der Waals surface area contributed by atoms with E-state index in [2.05, 4.69) is 5.32 Å². The number of ether oxygens (including phenoxy) is 1. The monoisotopic (exact) mass is 361 g/mol. The Bertz CT molecular complexity index is 821. The summed E-state index contributed by atoms with van der Waals surface area (Å²) in [6.07, 6.45) is 0.106. The van der Waals surface area contributed by atoms with E-state index in [4.69, 9.17) is 4.74 Å². The van der Waals surface area contributed by atoms with E-state index < -0.39 is 29.6 Å². The van der Waals surface area contributed by atoms with E-state index in [1.807, 2.05) is 32.0 Å². The van der Waals surface area contributed by atoms with Gasteiger partial charge in [-0.1, -0.05) is 24.3 Å². The summed E-state index contributed by atoms with van der Waals surface area (Å²) >= 11 is 0. The maximum absolute atomic E-state index is 13.3. The minimum Gasteiger partial charge on any atom is -0.467 e. The number of hydrogen-bond donors (Lipinski definition) is 1. The molecule has 0 bridgehead atoms. The second-order valence-electron chi connectivity index (χ2n) is 6.19. The number of esters is 1. The van der Waals surface area contributed by atoms with E-state index in [1.54, 1.807) is 0 Å². The van der Waals surface area contributed by atoms with Crippen molar-refractivity contribution in [3.63, 3.8) is 0 Å². The zero-order chi connectivity index (χ0) is 19.3.